The van der Waals surface area contributed by atoms with Crippen molar-refractivity contribution in [3.8, 4) is 5.75 Å². The summed E-state index contributed by atoms with van der Waals surface area (Å²) in [4.78, 5) is 6.85. The van der Waals surface area contributed by atoms with E-state index in [9.17, 15) is 8.78 Å². The number of nitrogens with zero attached hydrogens (tertiary/aromatic N) is 2. The van der Waals surface area contributed by atoms with Crippen LogP contribution in [0.1, 0.15) is 31.7 Å². The van der Waals surface area contributed by atoms with Crippen molar-refractivity contribution in [3.05, 3.63) is 28.8 Å². The van der Waals surface area contributed by atoms with Crippen molar-refractivity contribution < 1.29 is 13.5 Å². The molecule has 27 heavy (non-hydrogen) atoms. The molecular weight excluding hydrogens is 374 g/mol. The van der Waals surface area contributed by atoms with Gasteiger partial charge in [0.15, 0.2) is 5.96 Å². The number of rotatable bonds is 8. The van der Waals surface area contributed by atoms with Crippen molar-refractivity contribution in [2.45, 2.75) is 39.3 Å². The van der Waals surface area contributed by atoms with Crippen LogP contribution in [0.2, 0.25) is 5.02 Å². The molecule has 1 aliphatic heterocycles. The first-order chi connectivity index (χ1) is 13.0. The fourth-order valence-corrected chi connectivity index (χ4v) is 3.33. The van der Waals surface area contributed by atoms with E-state index in [0.717, 1.165) is 38.5 Å². The van der Waals surface area contributed by atoms with Crippen molar-refractivity contribution in [1.29, 1.82) is 0 Å². The second kappa shape index (κ2) is 11.3. The number of hydrogen-bond acceptors (Lipinski definition) is 3. The van der Waals surface area contributed by atoms with E-state index in [2.05, 4.69) is 32.3 Å². The van der Waals surface area contributed by atoms with Gasteiger partial charge in [-0.3, -0.25) is 0 Å². The monoisotopic (exact) mass is 402 g/mol. The average Bonchev–Trinajstić information content (AvgIpc) is 2.63. The Morgan fingerprint density at radius 1 is 1.33 bits per heavy atom. The highest BCUT2D eigenvalue weighted by Crippen LogP contribution is 2.25. The molecule has 0 spiro atoms. The molecule has 1 heterocycles. The number of aliphatic imine (C=N–C) groups is 1. The summed E-state index contributed by atoms with van der Waals surface area (Å²) in [6.45, 7) is 3.16. The summed E-state index contributed by atoms with van der Waals surface area (Å²) in [5.41, 5.74) is 0.523. The molecule has 2 rings (SSSR count). The van der Waals surface area contributed by atoms with Gasteiger partial charge in [0, 0.05) is 23.7 Å². The Morgan fingerprint density at radius 2 is 2.07 bits per heavy atom. The summed E-state index contributed by atoms with van der Waals surface area (Å²) in [5, 5.41) is 6.97. The highest BCUT2D eigenvalue weighted by atomic mass is 35.5. The van der Waals surface area contributed by atoms with Gasteiger partial charge in [-0.15, -0.1) is 0 Å². The van der Waals surface area contributed by atoms with Crippen molar-refractivity contribution in [1.82, 2.24) is 15.5 Å². The van der Waals surface area contributed by atoms with E-state index < -0.39 is 6.61 Å². The molecule has 0 radical (unpaired) electrons. The lowest BCUT2D eigenvalue weighted by Gasteiger charge is -2.29. The first-order valence-electron chi connectivity index (χ1n) is 9.42. The Bertz CT molecular complexity index is 607. The molecular formula is C19H29ClF2N4O. The first kappa shape index (κ1) is 21.7. The fourth-order valence-electron chi connectivity index (χ4n) is 3.13. The van der Waals surface area contributed by atoms with E-state index in [4.69, 9.17) is 11.6 Å². The summed E-state index contributed by atoms with van der Waals surface area (Å²) in [6, 6.07) is 4.57. The van der Waals surface area contributed by atoms with Gasteiger partial charge in [-0.25, -0.2) is 4.99 Å². The molecule has 0 bridgehead atoms. The van der Waals surface area contributed by atoms with Crippen molar-refractivity contribution >= 4 is 17.6 Å². The number of ether oxygens (including phenoxy) is 1. The van der Waals surface area contributed by atoms with Crippen LogP contribution < -0.4 is 15.4 Å². The number of piperidine rings is 1. The molecule has 5 nitrogen and oxygen atoms in total. The van der Waals surface area contributed by atoms with Crippen LogP contribution in [0.4, 0.5) is 8.78 Å². The van der Waals surface area contributed by atoms with Crippen LogP contribution in [0.25, 0.3) is 0 Å². The minimum absolute atomic E-state index is 0.0975. The Morgan fingerprint density at radius 3 is 2.74 bits per heavy atom. The van der Waals surface area contributed by atoms with Gasteiger partial charge >= 0.3 is 6.61 Å². The number of alkyl halides is 2. The molecule has 0 amide bonds. The van der Waals surface area contributed by atoms with E-state index in [1.165, 1.54) is 25.0 Å². The molecule has 1 aliphatic rings. The van der Waals surface area contributed by atoms with E-state index in [0.29, 0.717) is 16.5 Å². The topological polar surface area (TPSA) is 48.9 Å². The van der Waals surface area contributed by atoms with Gasteiger partial charge in [0.1, 0.15) is 5.75 Å². The molecule has 0 aromatic heterocycles. The Kier molecular flexibility index (Phi) is 9.07. The van der Waals surface area contributed by atoms with Crippen LogP contribution in [0, 0.1) is 5.92 Å². The number of hydrogen-bond donors (Lipinski definition) is 2. The van der Waals surface area contributed by atoms with Gasteiger partial charge in [0.25, 0.3) is 0 Å². The van der Waals surface area contributed by atoms with Gasteiger partial charge in [-0.1, -0.05) is 11.6 Å². The lowest BCUT2D eigenvalue weighted by molar-refractivity contribution is -0.0504. The maximum absolute atomic E-state index is 12.6. The van der Waals surface area contributed by atoms with Crippen molar-refractivity contribution in [2.24, 2.45) is 10.9 Å². The summed E-state index contributed by atoms with van der Waals surface area (Å²) >= 11 is 5.98. The van der Waals surface area contributed by atoms with Crippen LogP contribution in [0.5, 0.6) is 5.75 Å². The van der Waals surface area contributed by atoms with E-state index in [-0.39, 0.29) is 12.3 Å². The smallest absolute Gasteiger partial charge is 0.387 e. The van der Waals surface area contributed by atoms with Crippen LogP contribution in [0.3, 0.4) is 0 Å². The van der Waals surface area contributed by atoms with E-state index in [1.54, 1.807) is 6.07 Å². The highest BCUT2D eigenvalue weighted by Gasteiger charge is 2.16. The van der Waals surface area contributed by atoms with Crippen LogP contribution in [-0.4, -0.2) is 50.7 Å². The number of nitrogens with one attached hydrogen (secondary N) is 2. The van der Waals surface area contributed by atoms with E-state index in [1.807, 2.05) is 6.92 Å². The third-order valence-electron chi connectivity index (χ3n) is 4.67. The average molecular weight is 403 g/mol. The third-order valence-corrected chi connectivity index (χ3v) is 4.91. The van der Waals surface area contributed by atoms with Gasteiger partial charge in [-0.2, -0.15) is 8.78 Å². The maximum atomic E-state index is 12.6. The Hall–Kier alpha value is -1.60. The molecule has 2 N–H and O–H groups in total. The van der Waals surface area contributed by atoms with Crippen LogP contribution in [-0.2, 0) is 6.54 Å². The van der Waals surface area contributed by atoms with Gasteiger partial charge < -0.3 is 20.3 Å². The number of guanidine groups is 1. The van der Waals surface area contributed by atoms with Crippen molar-refractivity contribution in [3.63, 3.8) is 0 Å². The molecule has 1 fully saturated rings. The Labute approximate surface area is 165 Å². The summed E-state index contributed by atoms with van der Waals surface area (Å²) in [6.07, 6.45) is 3.54. The highest BCUT2D eigenvalue weighted by molar-refractivity contribution is 6.30. The summed E-state index contributed by atoms with van der Waals surface area (Å²) in [5.74, 6) is 1.49. The van der Waals surface area contributed by atoms with Crippen molar-refractivity contribution in [2.75, 3.05) is 33.2 Å². The Balaban J connectivity index is 1.91. The molecule has 1 aromatic carbocycles. The van der Waals surface area contributed by atoms with Gasteiger partial charge in [0.2, 0.25) is 0 Å². The SMILES string of the molecule is CCNC(=NCc1cc(Cl)ccc1OC(F)F)NCCC1CCN(C)CC1. The largest absolute Gasteiger partial charge is 0.434 e. The molecule has 1 aromatic rings. The van der Waals surface area contributed by atoms with Crippen LogP contribution in [0.15, 0.2) is 23.2 Å². The quantitative estimate of drug-likeness (QED) is 0.514. The normalized spacial score (nSPS) is 16.6. The van der Waals surface area contributed by atoms with Gasteiger partial charge in [-0.05, 0) is 70.4 Å². The second-order valence-corrected chi connectivity index (χ2v) is 7.22. The molecule has 0 atom stereocenters. The summed E-state index contributed by atoms with van der Waals surface area (Å²) in [7, 11) is 2.16. The predicted molar refractivity (Wildman–Crippen MR) is 106 cm³/mol. The fraction of sp³-hybridized carbons (Fsp3) is 0.632. The van der Waals surface area contributed by atoms with Gasteiger partial charge in [0.05, 0.1) is 6.54 Å². The zero-order valence-electron chi connectivity index (χ0n) is 16.0. The number of benzene rings is 1. The standard InChI is InChI=1S/C19H29ClF2N4O/c1-3-23-19(24-9-6-14-7-10-26(2)11-8-14)25-13-15-12-16(20)4-5-17(15)27-18(21)22/h4-5,12,14,18H,3,6-11,13H2,1-2H3,(H2,23,24,25). The zero-order chi connectivity index (χ0) is 19.6. The lowest BCUT2D eigenvalue weighted by Crippen LogP contribution is -2.39. The number of likely N-dealkylation sites (tertiary alicyclic amines) is 1. The maximum Gasteiger partial charge on any atom is 0.387 e. The second-order valence-electron chi connectivity index (χ2n) is 6.79. The predicted octanol–water partition coefficient (Wildman–Crippen LogP) is 3.73. The van der Waals surface area contributed by atoms with Crippen LogP contribution >= 0.6 is 11.6 Å². The zero-order valence-corrected chi connectivity index (χ0v) is 16.7. The lowest BCUT2D eigenvalue weighted by atomic mass is 9.94. The molecule has 0 aliphatic carbocycles. The number of halogens is 3. The third kappa shape index (κ3) is 7.89. The molecule has 0 saturated carbocycles. The first-order valence-corrected chi connectivity index (χ1v) is 9.79. The minimum atomic E-state index is -2.88. The molecule has 0 unspecified atom stereocenters. The van der Waals surface area contributed by atoms with E-state index >= 15 is 0 Å². The molecule has 1 saturated heterocycles. The summed E-state index contributed by atoms with van der Waals surface area (Å²) < 4.78 is 29.7. The minimum Gasteiger partial charge on any atom is -0.434 e. The molecule has 152 valence electrons. The molecule has 8 heteroatoms.